The van der Waals surface area contributed by atoms with Crippen molar-refractivity contribution in [2.24, 2.45) is 0 Å². The van der Waals surface area contributed by atoms with Crippen molar-refractivity contribution in [2.75, 3.05) is 5.32 Å². The van der Waals surface area contributed by atoms with Gasteiger partial charge in [-0.25, -0.2) is 9.37 Å². The summed E-state index contributed by atoms with van der Waals surface area (Å²) in [5, 5.41) is 3.91. The summed E-state index contributed by atoms with van der Waals surface area (Å²) in [5.41, 5.74) is 2.56. The fourth-order valence-electron chi connectivity index (χ4n) is 2.16. The monoisotopic (exact) mass is 301 g/mol. The van der Waals surface area contributed by atoms with Crippen molar-refractivity contribution in [3.63, 3.8) is 0 Å². The van der Waals surface area contributed by atoms with Crippen LogP contribution in [0.1, 0.15) is 5.56 Å². The number of rotatable bonds is 4. The highest BCUT2D eigenvalue weighted by Crippen LogP contribution is 2.28. The van der Waals surface area contributed by atoms with Crippen LogP contribution in [0, 0.1) is 5.82 Å². The lowest BCUT2D eigenvalue weighted by Crippen LogP contribution is -2.04. The van der Waals surface area contributed by atoms with E-state index in [0.29, 0.717) is 11.6 Å². The summed E-state index contributed by atoms with van der Waals surface area (Å²) in [6.45, 7) is 0.514. The number of hydrogen-bond acceptors (Lipinski definition) is 2. The molecule has 0 unspecified atom stereocenters. The minimum atomic E-state index is -0.241. The molecule has 2 aromatic carbocycles. The van der Waals surface area contributed by atoms with Crippen molar-refractivity contribution in [3.8, 4) is 5.69 Å². The zero-order chi connectivity index (χ0) is 14.7. The van der Waals surface area contributed by atoms with Crippen molar-refractivity contribution in [3.05, 3.63) is 77.6 Å². The first-order valence-corrected chi connectivity index (χ1v) is 6.87. The maximum atomic E-state index is 13.2. The molecule has 3 nitrogen and oxygen atoms in total. The van der Waals surface area contributed by atoms with Crippen LogP contribution in [-0.4, -0.2) is 9.55 Å². The van der Waals surface area contributed by atoms with Gasteiger partial charge in [-0.3, -0.25) is 0 Å². The van der Waals surface area contributed by atoms with Crippen LogP contribution >= 0.6 is 11.6 Å². The highest BCUT2D eigenvalue weighted by atomic mass is 35.5. The van der Waals surface area contributed by atoms with E-state index in [1.54, 1.807) is 18.6 Å². The zero-order valence-electron chi connectivity index (χ0n) is 11.1. The van der Waals surface area contributed by atoms with Gasteiger partial charge in [-0.2, -0.15) is 0 Å². The van der Waals surface area contributed by atoms with Gasteiger partial charge in [-0.05, 0) is 29.8 Å². The van der Waals surface area contributed by atoms with E-state index in [-0.39, 0.29) is 5.82 Å². The summed E-state index contributed by atoms with van der Waals surface area (Å²) in [7, 11) is 0. The van der Waals surface area contributed by atoms with Gasteiger partial charge in [-0.15, -0.1) is 0 Å². The van der Waals surface area contributed by atoms with Gasteiger partial charge in [-0.1, -0.05) is 29.8 Å². The molecule has 0 bridgehead atoms. The highest BCUT2D eigenvalue weighted by molar-refractivity contribution is 6.33. The maximum absolute atomic E-state index is 13.2. The van der Waals surface area contributed by atoms with E-state index >= 15 is 0 Å². The molecule has 1 N–H and O–H groups in total. The summed E-state index contributed by atoms with van der Waals surface area (Å²) in [5.74, 6) is -0.241. The van der Waals surface area contributed by atoms with Gasteiger partial charge in [0.2, 0.25) is 0 Å². The molecule has 21 heavy (non-hydrogen) atoms. The Balaban J connectivity index is 1.88. The molecule has 0 saturated carbocycles. The second kappa shape index (κ2) is 5.97. The molecule has 3 aromatic rings. The van der Waals surface area contributed by atoms with E-state index in [1.165, 1.54) is 12.1 Å². The first kappa shape index (κ1) is 13.6. The summed E-state index contributed by atoms with van der Waals surface area (Å²) in [6, 6.07) is 12.1. The Hall–Kier alpha value is -2.33. The fraction of sp³-hybridized carbons (Fsp3) is 0.0625. The number of halogens is 2. The largest absolute Gasteiger partial charge is 0.379 e. The smallest absolute Gasteiger partial charge is 0.123 e. The van der Waals surface area contributed by atoms with E-state index in [2.05, 4.69) is 10.3 Å². The van der Waals surface area contributed by atoms with Crippen LogP contribution < -0.4 is 5.32 Å². The van der Waals surface area contributed by atoms with Crippen molar-refractivity contribution in [1.82, 2.24) is 9.55 Å². The van der Waals surface area contributed by atoms with Gasteiger partial charge in [0.05, 0.1) is 22.7 Å². The van der Waals surface area contributed by atoms with Crippen LogP contribution in [0.15, 0.2) is 61.2 Å². The molecule has 1 aromatic heterocycles. The Labute approximate surface area is 127 Å². The molecule has 0 amide bonds. The molecule has 106 valence electrons. The number of hydrogen-bond donors (Lipinski definition) is 1. The van der Waals surface area contributed by atoms with E-state index in [4.69, 9.17) is 11.6 Å². The van der Waals surface area contributed by atoms with Crippen LogP contribution in [0.4, 0.5) is 10.1 Å². The second-order valence-electron chi connectivity index (χ2n) is 4.59. The minimum Gasteiger partial charge on any atom is -0.379 e. The number of imidazole rings is 1. The number of nitrogens with zero attached hydrogens (tertiary/aromatic N) is 2. The van der Waals surface area contributed by atoms with Crippen LogP contribution in [0.5, 0.6) is 0 Å². The third kappa shape index (κ3) is 3.06. The predicted octanol–water partition coefficient (Wildman–Crippen LogP) is 4.28. The molecule has 0 radical (unpaired) electrons. The molecular formula is C16H13ClFN3. The third-order valence-corrected chi connectivity index (χ3v) is 3.43. The normalized spacial score (nSPS) is 10.6. The van der Waals surface area contributed by atoms with Gasteiger partial charge >= 0.3 is 0 Å². The van der Waals surface area contributed by atoms with E-state index in [0.717, 1.165) is 16.9 Å². The van der Waals surface area contributed by atoms with Crippen molar-refractivity contribution >= 4 is 17.3 Å². The van der Waals surface area contributed by atoms with Crippen LogP contribution in [0.3, 0.4) is 0 Å². The Morgan fingerprint density at radius 3 is 2.81 bits per heavy atom. The van der Waals surface area contributed by atoms with E-state index < -0.39 is 0 Å². The Morgan fingerprint density at radius 2 is 2.05 bits per heavy atom. The molecule has 5 heteroatoms. The van der Waals surface area contributed by atoms with Crippen LogP contribution in [-0.2, 0) is 6.54 Å². The number of aromatic nitrogens is 2. The molecule has 0 aliphatic heterocycles. The zero-order valence-corrected chi connectivity index (χ0v) is 11.9. The summed E-state index contributed by atoms with van der Waals surface area (Å²) >= 11 is 6.28. The third-order valence-electron chi connectivity index (χ3n) is 3.12. The van der Waals surface area contributed by atoms with Crippen LogP contribution in [0.2, 0.25) is 5.02 Å². The molecule has 0 saturated heterocycles. The van der Waals surface area contributed by atoms with Gasteiger partial charge < -0.3 is 9.88 Å². The average Bonchev–Trinajstić information content (AvgIpc) is 2.99. The molecule has 0 spiro atoms. The molecular weight excluding hydrogens is 289 g/mol. The summed E-state index contributed by atoms with van der Waals surface area (Å²) in [6.07, 6.45) is 5.21. The van der Waals surface area contributed by atoms with Gasteiger partial charge in [0, 0.05) is 18.9 Å². The van der Waals surface area contributed by atoms with E-state index in [1.807, 2.05) is 35.0 Å². The maximum Gasteiger partial charge on any atom is 0.123 e. The molecule has 1 heterocycles. The summed E-state index contributed by atoms with van der Waals surface area (Å²) in [4.78, 5) is 4.04. The Kier molecular flexibility index (Phi) is 3.88. The molecule has 0 aliphatic carbocycles. The number of anilines is 1. The van der Waals surface area contributed by atoms with Crippen molar-refractivity contribution in [1.29, 1.82) is 0 Å². The number of para-hydroxylation sites is 1. The lowest BCUT2D eigenvalue weighted by Gasteiger charge is -2.14. The molecule has 3 rings (SSSR count). The van der Waals surface area contributed by atoms with Gasteiger partial charge in [0.15, 0.2) is 0 Å². The van der Waals surface area contributed by atoms with Crippen LogP contribution in [0.25, 0.3) is 5.69 Å². The van der Waals surface area contributed by atoms with E-state index in [9.17, 15) is 4.39 Å². The minimum absolute atomic E-state index is 0.241. The average molecular weight is 302 g/mol. The Bertz CT molecular complexity index is 741. The molecule has 0 atom stereocenters. The highest BCUT2D eigenvalue weighted by Gasteiger charge is 2.08. The molecule has 0 fully saturated rings. The predicted molar refractivity (Wildman–Crippen MR) is 82.3 cm³/mol. The number of nitrogens with one attached hydrogen (secondary N) is 1. The second-order valence-corrected chi connectivity index (χ2v) is 5.00. The van der Waals surface area contributed by atoms with Crippen molar-refractivity contribution < 1.29 is 4.39 Å². The number of benzene rings is 2. The lowest BCUT2D eigenvalue weighted by molar-refractivity contribution is 0.626. The standard InChI is InChI=1S/C16H13ClFN3/c17-14-5-2-6-15(16(14)21-8-7-19-11-21)20-10-12-3-1-4-13(18)9-12/h1-9,11,20H,10H2. The first-order valence-electron chi connectivity index (χ1n) is 6.49. The lowest BCUT2D eigenvalue weighted by atomic mass is 10.2. The van der Waals surface area contributed by atoms with Crippen molar-refractivity contribution in [2.45, 2.75) is 6.54 Å². The fourth-order valence-corrected chi connectivity index (χ4v) is 2.43. The topological polar surface area (TPSA) is 29.9 Å². The molecule has 0 aliphatic rings. The Morgan fingerprint density at radius 1 is 1.19 bits per heavy atom. The first-order chi connectivity index (χ1) is 10.2. The SMILES string of the molecule is Fc1cccc(CNc2cccc(Cl)c2-n2ccnc2)c1. The quantitative estimate of drug-likeness (QED) is 0.779. The summed E-state index contributed by atoms with van der Waals surface area (Å²) < 4.78 is 15.0. The van der Waals surface area contributed by atoms with Gasteiger partial charge in [0.1, 0.15) is 5.82 Å². The van der Waals surface area contributed by atoms with Gasteiger partial charge in [0.25, 0.3) is 0 Å².